The van der Waals surface area contributed by atoms with Gasteiger partial charge in [0.15, 0.2) is 32.2 Å². The van der Waals surface area contributed by atoms with Crippen molar-refractivity contribution in [3.8, 4) is 0 Å². The largest absolute Gasteiger partial charge is 0.483 e. The molecule has 10 N–H and O–H groups in total. The molecule has 0 saturated carbocycles. The van der Waals surface area contributed by atoms with Gasteiger partial charge < -0.3 is 56.6 Å². The number of carbonyl (C=O) groups is 9. The average molecular weight is 1140 g/mol. The predicted molar refractivity (Wildman–Crippen MR) is 285 cm³/mol. The molecule has 5 saturated heterocycles. The number of nitrogens with zero attached hydrogens (tertiary/aromatic N) is 8. The van der Waals surface area contributed by atoms with E-state index in [1.54, 1.807) is 0 Å². The Hall–Kier alpha value is -7.10. The van der Waals surface area contributed by atoms with Crippen molar-refractivity contribution in [2.45, 2.75) is 140 Å². The number of hydrogen-bond donors (Lipinski definition) is 10. The standard InChI is InChI=1S/C54H77N11O16/c66-44(55-21-9-8-12-40(50(77)78)56-53(81)57-41(51(79)80)19-20-45(67)68)14-7-4-2-1-3-6-13-42-58-43(60-52(59-42)61-22-10-5-11-23-61)31-38-17-15-37(16-18-38)30-39-32-64(35-48(73)74)27-26-62(33-46(69)70)24-25-63(34-47(71)72)28-29-65(39,36-49(75)76)54(62,63)64/h15-18,39-41H,1-14,19-36H2,(H6-4,55,56,57,66,67,68,69,70,71,72,73,74,75,76,77,78,79,80,81)/p+4/t39?,40-,41-,54?,62?,63-,64+,65+/m0/s1. The van der Waals surface area contributed by atoms with Crippen molar-refractivity contribution in [1.29, 1.82) is 0 Å². The molecule has 3 unspecified atom stereocenters. The van der Waals surface area contributed by atoms with E-state index in [-0.39, 0.29) is 75.9 Å². The molecule has 27 heteroatoms. The number of aryl methyl sites for hydroxylation is 1. The second-order valence-electron chi connectivity index (χ2n) is 23.0. The minimum Gasteiger partial charge on any atom is -0.481 e. The van der Waals surface area contributed by atoms with Crippen LogP contribution >= 0.6 is 0 Å². The molecule has 0 radical (unpaired) electrons. The lowest BCUT2D eigenvalue weighted by Gasteiger charge is -2.50. The molecular weight excluding hydrogens is 1060 g/mol. The number of hydrogen-bond acceptors (Lipinski definition) is 13. The number of benzene rings is 1. The second kappa shape index (κ2) is 26.7. The van der Waals surface area contributed by atoms with E-state index < -0.39 is 78.3 Å². The van der Waals surface area contributed by atoms with Crippen LogP contribution in [0.3, 0.4) is 0 Å². The fourth-order valence-electron chi connectivity index (χ4n) is 14.8. The highest BCUT2D eigenvalue weighted by molar-refractivity contribution is 5.86. The van der Waals surface area contributed by atoms with E-state index in [0.717, 1.165) is 75.6 Å². The number of urea groups is 1. The summed E-state index contributed by atoms with van der Waals surface area (Å²) in [5.74, 6) is -7.82. The number of anilines is 1. The van der Waals surface area contributed by atoms with Gasteiger partial charge in [0, 0.05) is 51.7 Å². The van der Waals surface area contributed by atoms with Crippen LogP contribution in [-0.2, 0) is 57.6 Å². The number of nitrogens with one attached hydrogen (secondary N) is 3. The predicted octanol–water partition coefficient (Wildman–Crippen LogP) is 1.27. The maximum absolute atomic E-state index is 13.1. The van der Waals surface area contributed by atoms with Crippen molar-refractivity contribution in [1.82, 2.24) is 30.9 Å². The van der Waals surface area contributed by atoms with Gasteiger partial charge in [0.25, 0.3) is 0 Å². The molecule has 0 bridgehead atoms. The van der Waals surface area contributed by atoms with Gasteiger partial charge in [0.2, 0.25) is 11.9 Å². The summed E-state index contributed by atoms with van der Waals surface area (Å²) < 4.78 is -0.243. The van der Waals surface area contributed by atoms with Crippen LogP contribution in [0.1, 0.15) is 119 Å². The topological polar surface area (TPSA) is 373 Å². The quantitative estimate of drug-likeness (QED) is 0.0348. The third kappa shape index (κ3) is 13.8. The number of carboxylic acid groups (broad SMARTS) is 7. The zero-order valence-corrected chi connectivity index (χ0v) is 46.1. The van der Waals surface area contributed by atoms with Crippen LogP contribution in [0.15, 0.2) is 24.3 Å². The van der Waals surface area contributed by atoms with Crippen LogP contribution in [0, 0.1) is 0 Å². The van der Waals surface area contributed by atoms with Gasteiger partial charge in [-0.15, -0.1) is 17.9 Å². The minimum absolute atomic E-state index is 0.0303. The number of carbonyl (C=O) groups excluding carboxylic acids is 2. The summed E-state index contributed by atoms with van der Waals surface area (Å²) in [4.78, 5) is 127. The van der Waals surface area contributed by atoms with E-state index in [0.29, 0.717) is 102 Å². The number of aliphatic carboxylic acids is 7. The minimum atomic E-state index is -1.50. The summed E-state index contributed by atoms with van der Waals surface area (Å²) in [6.07, 6.45) is 10.3. The molecule has 1 spiro atoms. The second-order valence-corrected chi connectivity index (χ2v) is 23.0. The number of quaternary nitrogens is 4. The molecular formula is C54H81N11O16+4. The zero-order valence-electron chi connectivity index (χ0n) is 46.1. The SMILES string of the molecule is O=C(O)CC[C@H](NC(=O)N[C@@H](CCCCNC(=O)CCCCCCCCc1nc(Cc2ccc(CC3C[N@@+]4(CC(=O)O)CC[N+]5(CC(=O)O)CC[N@@+]6(CC(=O)O)CC[N@+]3(CC(=O)O)C564)cc2)nc(N2CCCCC2)n1)C(=O)O)C(=O)O. The molecule has 5 fully saturated rings. The average Bonchev–Trinajstić information content (AvgIpc) is 2.40. The maximum atomic E-state index is 13.1. The zero-order chi connectivity index (χ0) is 58.6. The van der Waals surface area contributed by atoms with Gasteiger partial charge >= 0.3 is 53.7 Å². The van der Waals surface area contributed by atoms with Gasteiger partial charge in [-0.25, -0.2) is 38.5 Å². The Labute approximate surface area is 469 Å². The molecule has 3 amide bonds. The van der Waals surface area contributed by atoms with E-state index in [1.807, 2.05) is 24.3 Å². The smallest absolute Gasteiger partial charge is 0.481 e. The lowest BCUT2D eigenvalue weighted by atomic mass is 10.0. The summed E-state index contributed by atoms with van der Waals surface area (Å²) in [7, 11) is 0. The van der Waals surface area contributed by atoms with Crippen molar-refractivity contribution in [2.75, 3.05) is 96.5 Å². The number of aromatic nitrogens is 3. The normalized spacial score (nSPS) is 26.0. The van der Waals surface area contributed by atoms with Crippen molar-refractivity contribution < 1.29 is 96.8 Å². The molecule has 7 rings (SSSR count). The lowest BCUT2D eigenvalue weighted by molar-refractivity contribution is -1.36. The van der Waals surface area contributed by atoms with Crippen LogP contribution in [0.2, 0.25) is 0 Å². The molecule has 444 valence electrons. The van der Waals surface area contributed by atoms with E-state index in [1.165, 1.54) is 0 Å². The van der Waals surface area contributed by atoms with Crippen molar-refractivity contribution in [3.05, 3.63) is 47.0 Å². The van der Waals surface area contributed by atoms with Gasteiger partial charge in [-0.2, -0.15) is 9.97 Å². The van der Waals surface area contributed by atoms with Crippen LogP contribution in [0.25, 0.3) is 0 Å². The molecule has 5 aliphatic rings. The maximum Gasteiger partial charge on any atom is 0.483 e. The summed E-state index contributed by atoms with van der Waals surface area (Å²) in [6, 6.07) is 3.70. The molecule has 6 heterocycles. The number of carboxylic acids is 7. The highest BCUT2D eigenvalue weighted by atomic mass is 16.4. The van der Waals surface area contributed by atoms with E-state index in [2.05, 4.69) is 20.9 Å². The third-order valence-corrected chi connectivity index (χ3v) is 17.7. The van der Waals surface area contributed by atoms with Crippen LogP contribution in [0.5, 0.6) is 0 Å². The molecule has 1 aromatic heterocycles. The highest BCUT2D eigenvalue weighted by Crippen LogP contribution is 2.64. The molecule has 1 aromatic carbocycles. The van der Waals surface area contributed by atoms with Gasteiger partial charge in [0.05, 0.1) is 0 Å². The summed E-state index contributed by atoms with van der Waals surface area (Å²) in [5, 5.41) is 76.7. The Kier molecular flexibility index (Phi) is 20.2. The summed E-state index contributed by atoms with van der Waals surface area (Å²) in [6.45, 7) is 2.67. The molecule has 2 aromatic rings. The highest BCUT2D eigenvalue weighted by Gasteiger charge is 3.01. The number of piperidine rings is 1. The van der Waals surface area contributed by atoms with Gasteiger partial charge in [-0.1, -0.05) is 49.9 Å². The molecule has 81 heavy (non-hydrogen) atoms. The van der Waals surface area contributed by atoms with Crippen LogP contribution in [-0.4, -0.2) is 238 Å². The van der Waals surface area contributed by atoms with Gasteiger partial charge in [-0.3, -0.25) is 9.59 Å². The number of unbranched alkanes of at least 4 members (excludes halogenated alkanes) is 6. The third-order valence-electron chi connectivity index (χ3n) is 17.7. The molecule has 8 atom stereocenters. The Bertz CT molecular complexity index is 2630. The van der Waals surface area contributed by atoms with Gasteiger partial charge in [-0.05, 0) is 68.9 Å². The Morgan fingerprint density at radius 1 is 0.556 bits per heavy atom. The monoisotopic (exact) mass is 1140 g/mol. The van der Waals surface area contributed by atoms with Crippen molar-refractivity contribution in [3.63, 3.8) is 0 Å². The number of rotatable bonds is 34. The molecule has 5 aliphatic heterocycles. The van der Waals surface area contributed by atoms with Crippen molar-refractivity contribution >= 4 is 59.7 Å². The Morgan fingerprint density at radius 3 is 1.68 bits per heavy atom. The van der Waals surface area contributed by atoms with E-state index in [4.69, 9.17) is 20.1 Å². The first-order valence-corrected chi connectivity index (χ1v) is 28.5. The lowest BCUT2D eigenvalue weighted by Crippen LogP contribution is -2.86. The van der Waals surface area contributed by atoms with Gasteiger partial charge in [0.1, 0.15) is 69.5 Å². The van der Waals surface area contributed by atoms with E-state index >= 15 is 0 Å². The van der Waals surface area contributed by atoms with Crippen LogP contribution < -0.4 is 20.9 Å². The fraction of sp³-hybridized carbons (Fsp3) is 0.667. The Morgan fingerprint density at radius 2 is 1.09 bits per heavy atom. The summed E-state index contributed by atoms with van der Waals surface area (Å²) in [5.41, 5.74) is 1.85. The molecule has 0 aliphatic carbocycles. The first-order valence-electron chi connectivity index (χ1n) is 28.5. The summed E-state index contributed by atoms with van der Waals surface area (Å²) >= 11 is 0. The number of amides is 3. The molecule has 27 nitrogen and oxygen atoms in total. The van der Waals surface area contributed by atoms with Crippen LogP contribution in [0.4, 0.5) is 10.7 Å². The first kappa shape index (κ1) is 61.5. The van der Waals surface area contributed by atoms with Crippen molar-refractivity contribution in [2.24, 2.45) is 0 Å². The fourth-order valence-corrected chi connectivity index (χ4v) is 14.8. The first-order chi connectivity index (χ1) is 38.6. The van der Waals surface area contributed by atoms with E-state index in [9.17, 15) is 73.8 Å². The Balaban J connectivity index is 0.901.